The third kappa shape index (κ3) is 5.19. The highest BCUT2D eigenvalue weighted by molar-refractivity contribution is 7.91. The van der Waals surface area contributed by atoms with Crippen molar-refractivity contribution in [1.29, 1.82) is 0 Å². The Hall–Kier alpha value is -2.95. The number of benzene rings is 1. The molecular formula is C24H27F3N4O3S. The Labute approximate surface area is 202 Å². The number of halogens is 3. The SMILES string of the molecule is COc1nc2nc(C)nc(NC(C)c3cccc(C(C)(F)F)c3F)c2cc1C1CCS(=O)(=O)CC1. The first-order valence-electron chi connectivity index (χ1n) is 11.3. The van der Waals surface area contributed by atoms with E-state index < -0.39 is 33.2 Å². The number of rotatable bonds is 6. The lowest BCUT2D eigenvalue weighted by molar-refractivity contribution is 0.0136. The molecule has 1 atom stereocenters. The van der Waals surface area contributed by atoms with Gasteiger partial charge < -0.3 is 10.1 Å². The largest absolute Gasteiger partial charge is 0.481 e. The molecule has 1 fully saturated rings. The summed E-state index contributed by atoms with van der Waals surface area (Å²) in [6.45, 7) is 4.00. The predicted octanol–water partition coefficient (Wildman–Crippen LogP) is 5.06. The van der Waals surface area contributed by atoms with Crippen LogP contribution in [0.4, 0.5) is 19.0 Å². The van der Waals surface area contributed by atoms with E-state index in [1.54, 1.807) is 13.8 Å². The number of hydrogen-bond acceptors (Lipinski definition) is 7. The van der Waals surface area contributed by atoms with Gasteiger partial charge in [-0.15, -0.1) is 0 Å². The Morgan fingerprint density at radius 1 is 1.17 bits per heavy atom. The van der Waals surface area contributed by atoms with Crippen LogP contribution in [0.2, 0.25) is 0 Å². The molecule has 2 aromatic heterocycles. The molecule has 7 nitrogen and oxygen atoms in total. The maximum atomic E-state index is 15.0. The van der Waals surface area contributed by atoms with E-state index in [0.29, 0.717) is 48.3 Å². The molecule has 0 bridgehead atoms. The monoisotopic (exact) mass is 508 g/mol. The molecule has 4 rings (SSSR count). The van der Waals surface area contributed by atoms with Crippen LogP contribution >= 0.6 is 0 Å². The van der Waals surface area contributed by atoms with Gasteiger partial charge in [0.1, 0.15) is 27.3 Å². The lowest BCUT2D eigenvalue weighted by Gasteiger charge is -2.24. The number of pyridine rings is 1. The van der Waals surface area contributed by atoms with Crippen molar-refractivity contribution < 1.29 is 26.3 Å². The first kappa shape index (κ1) is 25.2. The van der Waals surface area contributed by atoms with Crippen LogP contribution in [0.3, 0.4) is 0 Å². The minimum Gasteiger partial charge on any atom is -0.481 e. The van der Waals surface area contributed by atoms with Crippen LogP contribution in [-0.2, 0) is 15.8 Å². The zero-order chi connectivity index (χ0) is 25.5. The van der Waals surface area contributed by atoms with Crippen LogP contribution in [-0.4, -0.2) is 42.0 Å². The first-order valence-corrected chi connectivity index (χ1v) is 13.1. The van der Waals surface area contributed by atoms with Crippen LogP contribution in [0.25, 0.3) is 11.0 Å². The average molecular weight is 509 g/mol. The van der Waals surface area contributed by atoms with Crippen molar-refractivity contribution in [1.82, 2.24) is 15.0 Å². The van der Waals surface area contributed by atoms with E-state index >= 15 is 0 Å². The normalized spacial score (nSPS) is 17.3. The highest BCUT2D eigenvalue weighted by atomic mass is 32.2. The van der Waals surface area contributed by atoms with Crippen molar-refractivity contribution in [2.75, 3.05) is 23.9 Å². The summed E-state index contributed by atoms with van der Waals surface area (Å²) in [4.78, 5) is 13.4. The molecule has 1 aliphatic heterocycles. The molecule has 0 spiro atoms. The summed E-state index contributed by atoms with van der Waals surface area (Å²) in [7, 11) is -1.56. The summed E-state index contributed by atoms with van der Waals surface area (Å²) in [6, 6.07) is 5.05. The fourth-order valence-corrected chi connectivity index (χ4v) is 5.93. The third-order valence-electron chi connectivity index (χ3n) is 6.30. The van der Waals surface area contributed by atoms with E-state index in [4.69, 9.17) is 4.74 Å². The van der Waals surface area contributed by atoms with Gasteiger partial charge in [-0.25, -0.2) is 31.6 Å². The second-order valence-corrected chi connectivity index (χ2v) is 11.3. The van der Waals surface area contributed by atoms with Gasteiger partial charge in [0.25, 0.3) is 5.92 Å². The van der Waals surface area contributed by atoms with Gasteiger partial charge in [0.05, 0.1) is 35.6 Å². The molecule has 0 saturated carbocycles. The first-order chi connectivity index (χ1) is 16.4. The third-order valence-corrected chi connectivity index (χ3v) is 8.02. The van der Waals surface area contributed by atoms with Gasteiger partial charge in [-0.05, 0) is 38.7 Å². The molecule has 35 heavy (non-hydrogen) atoms. The second kappa shape index (κ2) is 9.25. The summed E-state index contributed by atoms with van der Waals surface area (Å²) >= 11 is 0. The summed E-state index contributed by atoms with van der Waals surface area (Å²) in [5.41, 5.74) is 0.503. The van der Waals surface area contributed by atoms with Crippen molar-refractivity contribution in [2.45, 2.75) is 51.5 Å². The molecule has 1 aliphatic rings. The van der Waals surface area contributed by atoms with Gasteiger partial charge >= 0.3 is 0 Å². The molecule has 1 N–H and O–H groups in total. The maximum Gasteiger partial charge on any atom is 0.273 e. The summed E-state index contributed by atoms with van der Waals surface area (Å²) < 4.78 is 71.9. The standard InChI is InChI=1S/C24H27F3N4O3S/c1-13(16-6-5-7-19(20(16)25)24(3,26)27)28-21-18-12-17(15-8-10-35(32,33)11-9-15)23(34-4)31-22(18)30-14(2)29-21/h5-7,12-13,15H,8-11H2,1-4H3,(H,28,29,30,31). The lowest BCUT2D eigenvalue weighted by Crippen LogP contribution is -2.22. The highest BCUT2D eigenvalue weighted by Crippen LogP contribution is 2.38. The van der Waals surface area contributed by atoms with Crippen molar-refractivity contribution in [3.63, 3.8) is 0 Å². The number of nitrogens with one attached hydrogen (secondary N) is 1. The molecule has 0 aliphatic carbocycles. The van der Waals surface area contributed by atoms with Gasteiger partial charge in [0, 0.05) is 18.1 Å². The molecule has 3 aromatic rings. The van der Waals surface area contributed by atoms with E-state index in [-0.39, 0.29) is 23.0 Å². The summed E-state index contributed by atoms with van der Waals surface area (Å²) in [5, 5.41) is 3.67. The Morgan fingerprint density at radius 3 is 2.49 bits per heavy atom. The number of aromatic nitrogens is 3. The Kier molecular flexibility index (Phi) is 6.65. The molecule has 188 valence electrons. The average Bonchev–Trinajstić information content (AvgIpc) is 2.77. The molecule has 11 heteroatoms. The molecule has 1 aromatic carbocycles. The minimum atomic E-state index is -3.32. The Balaban J connectivity index is 1.75. The van der Waals surface area contributed by atoms with Gasteiger partial charge in [-0.3, -0.25) is 0 Å². The topological polar surface area (TPSA) is 94.1 Å². The fraction of sp³-hybridized carbons (Fsp3) is 0.458. The number of anilines is 1. The second-order valence-electron chi connectivity index (χ2n) is 8.97. The molecule has 0 amide bonds. The molecule has 1 saturated heterocycles. The van der Waals surface area contributed by atoms with Crippen LogP contribution in [0.5, 0.6) is 5.88 Å². The van der Waals surface area contributed by atoms with Gasteiger partial charge in [0.15, 0.2) is 5.65 Å². The number of nitrogens with zero attached hydrogens (tertiary/aromatic N) is 3. The van der Waals surface area contributed by atoms with Crippen LogP contribution in [0.1, 0.15) is 61.2 Å². The number of alkyl halides is 2. The van der Waals surface area contributed by atoms with Crippen LogP contribution in [0.15, 0.2) is 24.3 Å². The lowest BCUT2D eigenvalue weighted by atomic mass is 9.93. The minimum absolute atomic E-state index is 0.0714. The molecule has 1 unspecified atom stereocenters. The quantitative estimate of drug-likeness (QED) is 0.498. The van der Waals surface area contributed by atoms with E-state index in [2.05, 4.69) is 20.3 Å². The predicted molar refractivity (Wildman–Crippen MR) is 127 cm³/mol. The summed E-state index contributed by atoms with van der Waals surface area (Å²) in [6.07, 6.45) is 0.891. The van der Waals surface area contributed by atoms with Crippen molar-refractivity contribution in [2.24, 2.45) is 0 Å². The number of sulfone groups is 1. The van der Waals surface area contributed by atoms with Crippen molar-refractivity contribution in [3.8, 4) is 5.88 Å². The zero-order valence-corrected chi connectivity index (χ0v) is 20.7. The number of methoxy groups -OCH3 is 1. The fourth-order valence-electron chi connectivity index (χ4n) is 4.44. The van der Waals surface area contributed by atoms with E-state index in [9.17, 15) is 21.6 Å². The number of fused-ring (bicyclic) bond motifs is 1. The maximum absolute atomic E-state index is 15.0. The van der Waals surface area contributed by atoms with Crippen molar-refractivity contribution >= 4 is 26.7 Å². The highest BCUT2D eigenvalue weighted by Gasteiger charge is 2.31. The molecule has 0 radical (unpaired) electrons. The number of ether oxygens (including phenoxy) is 1. The van der Waals surface area contributed by atoms with Gasteiger partial charge in [-0.1, -0.05) is 18.2 Å². The van der Waals surface area contributed by atoms with Gasteiger partial charge in [0.2, 0.25) is 5.88 Å². The van der Waals surface area contributed by atoms with Crippen molar-refractivity contribution in [3.05, 3.63) is 52.6 Å². The van der Waals surface area contributed by atoms with Crippen LogP contribution < -0.4 is 10.1 Å². The van der Waals surface area contributed by atoms with E-state index in [1.165, 1.54) is 19.2 Å². The van der Waals surface area contributed by atoms with E-state index in [1.807, 2.05) is 6.07 Å². The number of aryl methyl sites for hydroxylation is 1. The van der Waals surface area contributed by atoms with Crippen LogP contribution in [0, 0.1) is 12.7 Å². The Morgan fingerprint density at radius 2 is 1.86 bits per heavy atom. The Bertz CT molecular complexity index is 1360. The molecule has 3 heterocycles. The smallest absolute Gasteiger partial charge is 0.273 e. The van der Waals surface area contributed by atoms with E-state index in [0.717, 1.165) is 11.6 Å². The molecular weight excluding hydrogens is 481 g/mol. The zero-order valence-electron chi connectivity index (χ0n) is 19.9. The number of hydrogen-bond donors (Lipinski definition) is 1. The van der Waals surface area contributed by atoms with Gasteiger partial charge in [-0.2, -0.15) is 4.98 Å². The summed E-state index contributed by atoms with van der Waals surface area (Å²) in [5.74, 6) is -3.05.